The van der Waals surface area contributed by atoms with Crippen LogP contribution >= 0.6 is 0 Å². The lowest BCUT2D eigenvalue weighted by molar-refractivity contribution is -0.137. The third-order valence-electron chi connectivity index (χ3n) is 3.74. The lowest BCUT2D eigenvalue weighted by atomic mass is 9.99. The predicted molar refractivity (Wildman–Crippen MR) is 84.6 cm³/mol. The van der Waals surface area contributed by atoms with Crippen molar-refractivity contribution in [3.05, 3.63) is 53.1 Å². The van der Waals surface area contributed by atoms with Crippen LogP contribution in [-0.4, -0.2) is 17.0 Å². The molecule has 3 nitrogen and oxygen atoms in total. The summed E-state index contributed by atoms with van der Waals surface area (Å²) in [5, 5.41) is 3.06. The van der Waals surface area contributed by atoms with E-state index in [0.29, 0.717) is 11.4 Å². The molecule has 0 spiro atoms. The summed E-state index contributed by atoms with van der Waals surface area (Å²) in [6.07, 6.45) is -3.18. The number of hydrogen-bond acceptors (Lipinski definition) is 3. The minimum Gasteiger partial charge on any atom is -0.388 e. The maximum Gasteiger partial charge on any atom is 0.416 e. The van der Waals surface area contributed by atoms with Crippen molar-refractivity contribution in [2.45, 2.75) is 38.8 Å². The third kappa shape index (κ3) is 4.00. The van der Waals surface area contributed by atoms with Gasteiger partial charge in [-0.25, -0.2) is 0 Å². The van der Waals surface area contributed by atoms with Crippen LogP contribution in [0.3, 0.4) is 0 Å². The Labute approximate surface area is 134 Å². The number of alkyl halides is 3. The minimum absolute atomic E-state index is 0.226. The summed E-state index contributed by atoms with van der Waals surface area (Å²) >= 11 is 0. The summed E-state index contributed by atoms with van der Waals surface area (Å²) in [5.74, 6) is -0.105. The molecule has 2 aromatic heterocycles. The summed E-state index contributed by atoms with van der Waals surface area (Å²) in [5.41, 5.74) is 2.15. The van der Waals surface area contributed by atoms with Crippen LogP contribution in [-0.2, 0) is 6.18 Å². The Morgan fingerprint density at radius 3 is 2.22 bits per heavy atom. The highest BCUT2D eigenvalue weighted by Crippen LogP contribution is 2.32. The Balaban J connectivity index is 2.44. The van der Waals surface area contributed by atoms with Crippen molar-refractivity contribution in [3.63, 3.8) is 0 Å². The second kappa shape index (κ2) is 6.56. The zero-order valence-corrected chi connectivity index (χ0v) is 13.6. The number of pyridine rings is 2. The monoisotopic (exact) mass is 323 g/mol. The van der Waals surface area contributed by atoms with Crippen molar-refractivity contribution >= 4 is 5.69 Å². The number of hydrogen-bond donors (Lipinski definition) is 1. The van der Waals surface area contributed by atoms with Crippen molar-refractivity contribution in [1.29, 1.82) is 0 Å². The van der Waals surface area contributed by atoms with Gasteiger partial charge >= 0.3 is 6.18 Å². The standard InChI is InChI=1S/C17H20F3N3/c1-10(2)14-8-13(21-4)9-16(23-14)11(3)15-7-12(5-6-22-15)17(18,19)20/h5-11H,1-4H3,(H,21,23). The molecule has 2 heterocycles. The number of nitrogens with zero attached hydrogens (tertiary/aromatic N) is 2. The zero-order valence-electron chi connectivity index (χ0n) is 13.6. The van der Waals surface area contributed by atoms with Crippen molar-refractivity contribution in [2.75, 3.05) is 12.4 Å². The molecule has 0 fully saturated rings. The molecular weight excluding hydrogens is 303 g/mol. The molecule has 0 aliphatic rings. The maximum atomic E-state index is 12.9. The highest BCUT2D eigenvalue weighted by atomic mass is 19.4. The molecule has 0 radical (unpaired) electrons. The predicted octanol–water partition coefficient (Wildman–Crippen LogP) is 4.81. The summed E-state index contributed by atoms with van der Waals surface area (Å²) < 4.78 is 38.6. The van der Waals surface area contributed by atoms with Crippen LogP contribution in [0.1, 0.15) is 55.3 Å². The molecule has 0 saturated heterocycles. The Hall–Kier alpha value is -2.11. The van der Waals surface area contributed by atoms with Crippen molar-refractivity contribution < 1.29 is 13.2 Å². The topological polar surface area (TPSA) is 37.8 Å². The van der Waals surface area contributed by atoms with Crippen LogP contribution in [0.25, 0.3) is 0 Å². The summed E-state index contributed by atoms with van der Waals surface area (Å²) in [6.45, 7) is 5.87. The lowest BCUT2D eigenvalue weighted by Gasteiger charge is -2.16. The molecule has 23 heavy (non-hydrogen) atoms. The number of aromatic nitrogens is 2. The third-order valence-corrected chi connectivity index (χ3v) is 3.74. The summed E-state index contributed by atoms with van der Waals surface area (Å²) in [6, 6.07) is 5.86. The van der Waals surface area contributed by atoms with Gasteiger partial charge in [-0.2, -0.15) is 13.2 Å². The maximum absolute atomic E-state index is 12.9. The Morgan fingerprint density at radius 1 is 1.00 bits per heavy atom. The molecule has 0 aliphatic carbocycles. The van der Waals surface area contributed by atoms with Gasteiger partial charge in [-0.3, -0.25) is 9.97 Å². The van der Waals surface area contributed by atoms with Gasteiger partial charge in [0.2, 0.25) is 0 Å². The van der Waals surface area contributed by atoms with E-state index in [-0.39, 0.29) is 11.8 Å². The quantitative estimate of drug-likeness (QED) is 0.877. The summed E-state index contributed by atoms with van der Waals surface area (Å²) in [4.78, 5) is 8.69. The number of anilines is 1. The second-order valence-electron chi connectivity index (χ2n) is 5.80. The van der Waals surface area contributed by atoms with Crippen molar-refractivity contribution in [2.24, 2.45) is 0 Å². The first kappa shape index (κ1) is 17.2. The van der Waals surface area contributed by atoms with Crippen molar-refractivity contribution in [3.8, 4) is 0 Å². The average molecular weight is 323 g/mol. The Morgan fingerprint density at radius 2 is 1.65 bits per heavy atom. The number of nitrogens with one attached hydrogen (secondary N) is 1. The molecule has 124 valence electrons. The van der Waals surface area contributed by atoms with E-state index >= 15 is 0 Å². The molecule has 1 N–H and O–H groups in total. The van der Waals surface area contributed by atoms with Gasteiger partial charge < -0.3 is 5.32 Å². The van der Waals surface area contributed by atoms with Gasteiger partial charge in [-0.15, -0.1) is 0 Å². The minimum atomic E-state index is -4.37. The van der Waals surface area contributed by atoms with E-state index in [4.69, 9.17) is 0 Å². The molecule has 6 heteroatoms. The largest absolute Gasteiger partial charge is 0.416 e. The van der Waals surface area contributed by atoms with E-state index < -0.39 is 11.7 Å². The Bertz CT molecular complexity index is 681. The molecule has 2 rings (SSSR count). The molecule has 0 amide bonds. The van der Waals surface area contributed by atoms with Crippen LogP contribution in [0.4, 0.5) is 18.9 Å². The van der Waals surface area contributed by atoms with Gasteiger partial charge in [-0.1, -0.05) is 20.8 Å². The normalized spacial score (nSPS) is 13.2. The fourth-order valence-electron chi connectivity index (χ4n) is 2.25. The fourth-order valence-corrected chi connectivity index (χ4v) is 2.25. The highest BCUT2D eigenvalue weighted by molar-refractivity contribution is 5.47. The van der Waals surface area contributed by atoms with Gasteiger partial charge in [0.25, 0.3) is 0 Å². The van der Waals surface area contributed by atoms with Gasteiger partial charge in [-0.05, 0) is 30.2 Å². The van der Waals surface area contributed by atoms with Crippen LogP contribution in [0.2, 0.25) is 0 Å². The second-order valence-corrected chi connectivity index (χ2v) is 5.80. The molecule has 0 aliphatic heterocycles. The molecule has 0 bridgehead atoms. The molecule has 0 aromatic carbocycles. The van der Waals surface area contributed by atoms with Crippen LogP contribution in [0.5, 0.6) is 0 Å². The smallest absolute Gasteiger partial charge is 0.388 e. The molecule has 1 atom stereocenters. The van der Waals surface area contributed by atoms with E-state index in [1.54, 1.807) is 7.05 Å². The van der Waals surface area contributed by atoms with E-state index in [1.807, 2.05) is 32.9 Å². The SMILES string of the molecule is CNc1cc(C(C)C)nc(C(C)c2cc(C(F)(F)F)ccn2)c1. The molecule has 1 unspecified atom stereocenters. The van der Waals surface area contributed by atoms with Crippen molar-refractivity contribution in [1.82, 2.24) is 9.97 Å². The van der Waals surface area contributed by atoms with Gasteiger partial charge in [0.05, 0.1) is 11.3 Å². The fraction of sp³-hybridized carbons (Fsp3) is 0.412. The van der Waals surface area contributed by atoms with Crippen LogP contribution in [0.15, 0.2) is 30.5 Å². The molecule has 0 saturated carbocycles. The van der Waals surface area contributed by atoms with E-state index in [1.165, 1.54) is 6.20 Å². The van der Waals surface area contributed by atoms with Gasteiger partial charge in [0, 0.05) is 36.2 Å². The van der Waals surface area contributed by atoms with Crippen LogP contribution in [0, 0.1) is 0 Å². The Kier molecular flexibility index (Phi) is 4.92. The van der Waals surface area contributed by atoms with E-state index in [9.17, 15) is 13.2 Å². The van der Waals surface area contributed by atoms with E-state index in [2.05, 4.69) is 15.3 Å². The van der Waals surface area contributed by atoms with Gasteiger partial charge in [0.15, 0.2) is 0 Å². The lowest BCUT2D eigenvalue weighted by Crippen LogP contribution is -2.10. The first-order chi connectivity index (χ1) is 10.7. The summed E-state index contributed by atoms with van der Waals surface area (Å²) in [7, 11) is 1.80. The molecule has 2 aromatic rings. The first-order valence-electron chi connectivity index (χ1n) is 7.45. The highest BCUT2D eigenvalue weighted by Gasteiger charge is 2.31. The zero-order chi connectivity index (χ0) is 17.2. The van der Waals surface area contributed by atoms with Gasteiger partial charge in [0.1, 0.15) is 0 Å². The molecular formula is C17H20F3N3. The number of halogens is 3. The average Bonchev–Trinajstić information content (AvgIpc) is 2.52. The van der Waals surface area contributed by atoms with Crippen LogP contribution < -0.4 is 5.32 Å². The number of rotatable bonds is 4. The first-order valence-corrected chi connectivity index (χ1v) is 7.45. The van der Waals surface area contributed by atoms with E-state index in [0.717, 1.165) is 23.5 Å².